The van der Waals surface area contributed by atoms with Gasteiger partial charge in [0, 0.05) is 12.7 Å². The molecular formula is C11H14N4O. The molecule has 0 aliphatic heterocycles. The molecule has 84 valence electrons. The van der Waals surface area contributed by atoms with Crippen LogP contribution in [0.2, 0.25) is 0 Å². The molecule has 5 nitrogen and oxygen atoms in total. The topological polar surface area (TPSA) is 77.0 Å². The van der Waals surface area contributed by atoms with Gasteiger partial charge in [-0.25, -0.2) is 9.97 Å². The summed E-state index contributed by atoms with van der Waals surface area (Å²) < 4.78 is 5.26. The van der Waals surface area contributed by atoms with Crippen molar-refractivity contribution in [2.24, 2.45) is 5.73 Å². The largest absolute Gasteiger partial charge is 0.463 e. The van der Waals surface area contributed by atoms with Crippen molar-refractivity contribution in [1.82, 2.24) is 9.97 Å². The Morgan fingerprint density at radius 2 is 2.31 bits per heavy atom. The molecular weight excluding hydrogens is 204 g/mol. The summed E-state index contributed by atoms with van der Waals surface area (Å²) in [6.45, 7) is 1.43. The lowest BCUT2D eigenvalue weighted by atomic mass is 10.3. The molecule has 0 aromatic carbocycles. The Bertz CT molecular complexity index is 427. The maximum absolute atomic E-state index is 5.40. The van der Waals surface area contributed by atoms with Crippen molar-refractivity contribution < 1.29 is 4.42 Å². The number of furan rings is 1. The highest BCUT2D eigenvalue weighted by molar-refractivity contribution is 5.52. The minimum atomic E-state index is 0.599. The Kier molecular flexibility index (Phi) is 3.50. The van der Waals surface area contributed by atoms with Crippen molar-refractivity contribution >= 4 is 5.95 Å². The van der Waals surface area contributed by atoms with E-state index in [4.69, 9.17) is 10.2 Å². The average molecular weight is 218 g/mol. The van der Waals surface area contributed by atoms with E-state index in [-0.39, 0.29) is 0 Å². The molecule has 0 spiro atoms. The zero-order valence-electron chi connectivity index (χ0n) is 8.89. The first-order chi connectivity index (χ1) is 7.90. The van der Waals surface area contributed by atoms with Crippen LogP contribution in [0.25, 0.3) is 11.5 Å². The number of aromatic nitrogens is 2. The third kappa shape index (κ3) is 2.58. The van der Waals surface area contributed by atoms with Gasteiger partial charge in [0.15, 0.2) is 5.76 Å². The van der Waals surface area contributed by atoms with Crippen LogP contribution in [-0.4, -0.2) is 23.1 Å². The first-order valence-corrected chi connectivity index (χ1v) is 5.21. The molecule has 0 atom stereocenters. The molecule has 0 saturated heterocycles. The van der Waals surface area contributed by atoms with E-state index in [0.717, 1.165) is 24.4 Å². The molecule has 0 radical (unpaired) electrons. The van der Waals surface area contributed by atoms with E-state index < -0.39 is 0 Å². The van der Waals surface area contributed by atoms with Gasteiger partial charge in [0.25, 0.3) is 0 Å². The molecule has 16 heavy (non-hydrogen) atoms. The normalized spacial score (nSPS) is 10.3. The maximum Gasteiger partial charge on any atom is 0.223 e. The van der Waals surface area contributed by atoms with Gasteiger partial charge >= 0.3 is 0 Å². The highest BCUT2D eigenvalue weighted by Crippen LogP contribution is 2.17. The van der Waals surface area contributed by atoms with Crippen LogP contribution < -0.4 is 11.1 Å². The summed E-state index contributed by atoms with van der Waals surface area (Å²) in [4.78, 5) is 8.45. The van der Waals surface area contributed by atoms with E-state index in [1.807, 2.05) is 18.2 Å². The number of nitrogens with zero attached hydrogens (tertiary/aromatic N) is 2. The molecule has 0 bridgehead atoms. The molecule has 3 N–H and O–H groups in total. The molecule has 2 aromatic heterocycles. The summed E-state index contributed by atoms with van der Waals surface area (Å²) in [6.07, 6.45) is 4.23. The Balaban J connectivity index is 2.08. The third-order valence-electron chi connectivity index (χ3n) is 2.09. The SMILES string of the molecule is NCCCNc1nccc(-c2ccco2)n1. The summed E-state index contributed by atoms with van der Waals surface area (Å²) in [5, 5.41) is 3.10. The van der Waals surface area contributed by atoms with Gasteiger partial charge in [-0.05, 0) is 31.2 Å². The lowest BCUT2D eigenvalue weighted by Gasteiger charge is -2.04. The van der Waals surface area contributed by atoms with E-state index in [9.17, 15) is 0 Å². The van der Waals surface area contributed by atoms with E-state index in [1.165, 1.54) is 0 Å². The lowest BCUT2D eigenvalue weighted by Crippen LogP contribution is -2.10. The molecule has 0 aliphatic rings. The molecule has 5 heteroatoms. The van der Waals surface area contributed by atoms with Crippen molar-refractivity contribution in [2.45, 2.75) is 6.42 Å². The minimum Gasteiger partial charge on any atom is -0.463 e. The van der Waals surface area contributed by atoms with Crippen LogP contribution in [0.15, 0.2) is 35.1 Å². The summed E-state index contributed by atoms with van der Waals surface area (Å²) in [6, 6.07) is 5.51. The summed E-state index contributed by atoms with van der Waals surface area (Å²) >= 11 is 0. The molecule has 0 fully saturated rings. The van der Waals surface area contributed by atoms with Crippen molar-refractivity contribution in [1.29, 1.82) is 0 Å². The number of anilines is 1. The fourth-order valence-electron chi connectivity index (χ4n) is 1.31. The molecule has 2 heterocycles. The Hall–Kier alpha value is -1.88. The minimum absolute atomic E-state index is 0.599. The molecule has 0 unspecified atom stereocenters. The first kappa shape index (κ1) is 10.6. The number of hydrogen-bond donors (Lipinski definition) is 2. The van der Waals surface area contributed by atoms with Crippen LogP contribution in [0.5, 0.6) is 0 Å². The van der Waals surface area contributed by atoms with Crippen LogP contribution >= 0.6 is 0 Å². The van der Waals surface area contributed by atoms with Crippen LogP contribution in [-0.2, 0) is 0 Å². The Morgan fingerprint density at radius 3 is 3.06 bits per heavy atom. The van der Waals surface area contributed by atoms with Crippen molar-refractivity contribution in [3.8, 4) is 11.5 Å². The zero-order valence-corrected chi connectivity index (χ0v) is 8.89. The van der Waals surface area contributed by atoms with Gasteiger partial charge in [0.1, 0.15) is 5.69 Å². The van der Waals surface area contributed by atoms with Gasteiger partial charge in [-0.2, -0.15) is 0 Å². The van der Waals surface area contributed by atoms with E-state index in [1.54, 1.807) is 12.5 Å². The summed E-state index contributed by atoms with van der Waals surface area (Å²) in [5.74, 6) is 1.34. The number of nitrogens with one attached hydrogen (secondary N) is 1. The van der Waals surface area contributed by atoms with Crippen molar-refractivity contribution in [2.75, 3.05) is 18.4 Å². The van der Waals surface area contributed by atoms with Gasteiger partial charge in [-0.3, -0.25) is 0 Å². The Morgan fingerprint density at radius 1 is 1.38 bits per heavy atom. The van der Waals surface area contributed by atoms with E-state index >= 15 is 0 Å². The maximum atomic E-state index is 5.40. The lowest BCUT2D eigenvalue weighted by molar-refractivity contribution is 0.580. The fourth-order valence-corrected chi connectivity index (χ4v) is 1.31. The van der Waals surface area contributed by atoms with Crippen LogP contribution in [0.4, 0.5) is 5.95 Å². The van der Waals surface area contributed by atoms with Gasteiger partial charge in [-0.1, -0.05) is 0 Å². The fraction of sp³-hybridized carbons (Fsp3) is 0.273. The van der Waals surface area contributed by atoms with Gasteiger partial charge in [0.05, 0.1) is 6.26 Å². The quantitative estimate of drug-likeness (QED) is 0.743. The number of nitrogens with two attached hydrogens (primary N) is 1. The molecule has 0 amide bonds. The molecule has 0 aliphatic carbocycles. The molecule has 2 rings (SSSR count). The first-order valence-electron chi connectivity index (χ1n) is 5.21. The number of hydrogen-bond acceptors (Lipinski definition) is 5. The van der Waals surface area contributed by atoms with Crippen LogP contribution in [0, 0.1) is 0 Å². The second kappa shape index (κ2) is 5.27. The van der Waals surface area contributed by atoms with Crippen molar-refractivity contribution in [3.63, 3.8) is 0 Å². The zero-order chi connectivity index (χ0) is 11.2. The van der Waals surface area contributed by atoms with Crippen LogP contribution in [0.3, 0.4) is 0 Å². The number of rotatable bonds is 5. The van der Waals surface area contributed by atoms with Crippen LogP contribution in [0.1, 0.15) is 6.42 Å². The standard InChI is InChI=1S/C11H14N4O/c12-5-2-6-13-11-14-7-4-9(15-11)10-3-1-8-16-10/h1,3-4,7-8H,2,5-6,12H2,(H,13,14,15). The molecule has 2 aromatic rings. The Labute approximate surface area is 93.7 Å². The van der Waals surface area contributed by atoms with E-state index in [2.05, 4.69) is 15.3 Å². The average Bonchev–Trinajstić information content (AvgIpc) is 2.83. The molecule has 0 saturated carbocycles. The highest BCUT2D eigenvalue weighted by Gasteiger charge is 2.03. The predicted octanol–water partition coefficient (Wildman–Crippen LogP) is 1.50. The third-order valence-corrected chi connectivity index (χ3v) is 2.09. The smallest absolute Gasteiger partial charge is 0.223 e. The summed E-state index contributed by atoms with van der Waals surface area (Å²) in [5.41, 5.74) is 6.18. The summed E-state index contributed by atoms with van der Waals surface area (Å²) in [7, 11) is 0. The highest BCUT2D eigenvalue weighted by atomic mass is 16.3. The van der Waals surface area contributed by atoms with Gasteiger partial charge in [-0.15, -0.1) is 0 Å². The van der Waals surface area contributed by atoms with Crippen molar-refractivity contribution in [3.05, 3.63) is 30.7 Å². The second-order valence-corrected chi connectivity index (χ2v) is 3.31. The van der Waals surface area contributed by atoms with Gasteiger partial charge < -0.3 is 15.5 Å². The predicted molar refractivity (Wildman–Crippen MR) is 61.9 cm³/mol. The second-order valence-electron chi connectivity index (χ2n) is 3.31. The van der Waals surface area contributed by atoms with E-state index in [0.29, 0.717) is 12.5 Å². The monoisotopic (exact) mass is 218 g/mol. The van der Waals surface area contributed by atoms with Gasteiger partial charge in [0.2, 0.25) is 5.95 Å².